The molecule has 8 heteroatoms. The van der Waals surface area contributed by atoms with Gasteiger partial charge >= 0.3 is 0 Å². The van der Waals surface area contributed by atoms with Crippen LogP contribution in [0, 0.1) is 10.1 Å². The number of nitro benzene ring substituents is 1. The molecular formula is C17H24N4O4. The molecule has 0 radical (unpaired) electrons. The zero-order valence-electron chi connectivity index (χ0n) is 14.7. The summed E-state index contributed by atoms with van der Waals surface area (Å²) in [5.41, 5.74) is 6.36. The molecule has 1 saturated heterocycles. The second-order valence-electron chi connectivity index (χ2n) is 7.07. The van der Waals surface area contributed by atoms with E-state index in [0.29, 0.717) is 17.8 Å². The fraction of sp³-hybridized carbons (Fsp3) is 0.588. The Bertz CT molecular complexity index is 698. The van der Waals surface area contributed by atoms with Gasteiger partial charge in [0.1, 0.15) is 5.69 Å². The first-order valence-corrected chi connectivity index (χ1v) is 8.53. The molecule has 0 saturated carbocycles. The molecule has 0 unspecified atom stereocenters. The van der Waals surface area contributed by atoms with Gasteiger partial charge in [-0.3, -0.25) is 19.8 Å². The maximum Gasteiger partial charge on any atom is 0.292 e. The van der Waals surface area contributed by atoms with E-state index in [0.717, 1.165) is 39.3 Å². The number of ether oxygens (including phenoxy) is 1. The number of carbonyl (C=O) groups is 1. The quantitative estimate of drug-likeness (QED) is 0.492. The molecule has 3 rings (SSSR count). The number of anilines is 2. The van der Waals surface area contributed by atoms with Gasteiger partial charge < -0.3 is 15.4 Å². The zero-order valence-corrected chi connectivity index (χ0v) is 14.7. The van der Waals surface area contributed by atoms with Gasteiger partial charge in [-0.2, -0.15) is 0 Å². The van der Waals surface area contributed by atoms with Crippen LogP contribution in [0.3, 0.4) is 0 Å². The smallest absolute Gasteiger partial charge is 0.292 e. The van der Waals surface area contributed by atoms with Crippen molar-refractivity contribution in [2.75, 3.05) is 50.0 Å². The van der Waals surface area contributed by atoms with Crippen LogP contribution in [0.1, 0.15) is 25.8 Å². The molecular weight excluding hydrogens is 324 g/mol. The summed E-state index contributed by atoms with van der Waals surface area (Å²) in [6.07, 6.45) is 0.832. The Morgan fingerprint density at radius 2 is 1.96 bits per heavy atom. The number of nitrogens with zero attached hydrogens (tertiary/aromatic N) is 3. The third-order valence-electron chi connectivity index (χ3n) is 5.05. The molecule has 25 heavy (non-hydrogen) atoms. The van der Waals surface area contributed by atoms with E-state index in [-0.39, 0.29) is 17.3 Å². The Morgan fingerprint density at radius 3 is 2.60 bits per heavy atom. The predicted octanol–water partition coefficient (Wildman–Crippen LogP) is 1.52. The molecule has 8 nitrogen and oxygen atoms in total. The minimum absolute atomic E-state index is 0.0376. The Kier molecular flexibility index (Phi) is 4.66. The fourth-order valence-corrected chi connectivity index (χ4v) is 3.54. The predicted molar refractivity (Wildman–Crippen MR) is 94.8 cm³/mol. The van der Waals surface area contributed by atoms with Crippen LogP contribution in [-0.2, 0) is 14.9 Å². The highest BCUT2D eigenvalue weighted by atomic mass is 16.6. The van der Waals surface area contributed by atoms with Gasteiger partial charge in [0.2, 0.25) is 5.91 Å². The number of morpholine rings is 1. The fourth-order valence-electron chi connectivity index (χ4n) is 3.54. The normalized spacial score (nSPS) is 19.9. The third kappa shape index (κ3) is 3.19. The molecule has 0 bridgehead atoms. The Labute approximate surface area is 146 Å². The molecule has 0 spiro atoms. The summed E-state index contributed by atoms with van der Waals surface area (Å²) in [6.45, 7) is 8.39. The average Bonchev–Trinajstić information content (AvgIpc) is 2.75. The minimum atomic E-state index is -0.785. The van der Waals surface area contributed by atoms with Gasteiger partial charge in [0.15, 0.2) is 0 Å². The van der Waals surface area contributed by atoms with E-state index in [2.05, 4.69) is 4.90 Å². The van der Waals surface area contributed by atoms with Gasteiger partial charge in [0, 0.05) is 32.2 Å². The molecule has 0 atom stereocenters. The first-order chi connectivity index (χ1) is 11.8. The number of rotatable bonds is 5. The van der Waals surface area contributed by atoms with Gasteiger partial charge in [-0.15, -0.1) is 0 Å². The molecule has 1 fully saturated rings. The highest BCUT2D eigenvalue weighted by Crippen LogP contribution is 2.45. The maximum absolute atomic E-state index is 12.8. The summed E-state index contributed by atoms with van der Waals surface area (Å²) >= 11 is 0. The van der Waals surface area contributed by atoms with Crippen LogP contribution >= 0.6 is 0 Å². The number of hydrogen-bond donors (Lipinski definition) is 1. The van der Waals surface area contributed by atoms with Gasteiger partial charge in [0.05, 0.1) is 29.2 Å². The lowest BCUT2D eigenvalue weighted by Crippen LogP contribution is -2.40. The second kappa shape index (κ2) is 6.61. The van der Waals surface area contributed by atoms with Crippen molar-refractivity contribution >= 4 is 23.0 Å². The van der Waals surface area contributed by atoms with Crippen LogP contribution in [0.4, 0.5) is 17.1 Å². The molecule has 2 aliphatic rings. The summed E-state index contributed by atoms with van der Waals surface area (Å²) in [6, 6.07) is 3.01. The van der Waals surface area contributed by atoms with E-state index in [9.17, 15) is 14.9 Å². The summed E-state index contributed by atoms with van der Waals surface area (Å²) < 4.78 is 5.34. The van der Waals surface area contributed by atoms with Gasteiger partial charge in [-0.05, 0) is 31.9 Å². The number of nitro groups is 1. The Morgan fingerprint density at radius 1 is 1.28 bits per heavy atom. The zero-order chi connectivity index (χ0) is 18.2. The molecule has 1 amide bonds. The van der Waals surface area contributed by atoms with E-state index in [1.165, 1.54) is 6.07 Å². The molecule has 2 N–H and O–H groups in total. The van der Waals surface area contributed by atoms with Crippen molar-refractivity contribution in [2.45, 2.75) is 25.7 Å². The second-order valence-corrected chi connectivity index (χ2v) is 7.07. The standard InChI is InChI=1S/C17H24N4O4/c1-17(2)12-10-15(21(23)24)13(18)11-14(12)20(16(17)22)5-3-4-19-6-8-25-9-7-19/h10-11H,3-9,18H2,1-2H3. The number of nitrogen functional groups attached to an aromatic ring is 1. The SMILES string of the molecule is CC1(C)C(=O)N(CCCN2CCOCC2)c2cc(N)c([N+](=O)[O-])cc21. The van der Waals surface area contributed by atoms with Crippen LogP contribution in [0.2, 0.25) is 0 Å². The van der Waals surface area contributed by atoms with Crippen molar-refractivity contribution in [3.05, 3.63) is 27.8 Å². The van der Waals surface area contributed by atoms with Crippen LogP contribution < -0.4 is 10.6 Å². The van der Waals surface area contributed by atoms with E-state index >= 15 is 0 Å². The third-order valence-corrected chi connectivity index (χ3v) is 5.05. The van der Waals surface area contributed by atoms with E-state index in [1.807, 2.05) is 0 Å². The van der Waals surface area contributed by atoms with Crippen LogP contribution in [0.15, 0.2) is 12.1 Å². The monoisotopic (exact) mass is 348 g/mol. The number of benzene rings is 1. The van der Waals surface area contributed by atoms with Crippen molar-refractivity contribution in [3.8, 4) is 0 Å². The van der Waals surface area contributed by atoms with Crippen molar-refractivity contribution in [3.63, 3.8) is 0 Å². The largest absolute Gasteiger partial charge is 0.393 e. The summed E-state index contributed by atoms with van der Waals surface area (Å²) in [4.78, 5) is 27.5. The Hall–Kier alpha value is -2.19. The van der Waals surface area contributed by atoms with E-state index in [4.69, 9.17) is 10.5 Å². The van der Waals surface area contributed by atoms with Crippen LogP contribution in [0.25, 0.3) is 0 Å². The molecule has 136 valence electrons. The lowest BCUT2D eigenvalue weighted by atomic mass is 9.86. The lowest BCUT2D eigenvalue weighted by Gasteiger charge is -2.27. The van der Waals surface area contributed by atoms with E-state index < -0.39 is 10.3 Å². The first-order valence-electron chi connectivity index (χ1n) is 8.53. The van der Waals surface area contributed by atoms with Crippen molar-refractivity contribution in [2.24, 2.45) is 0 Å². The first kappa shape index (κ1) is 17.6. The highest BCUT2D eigenvalue weighted by Gasteiger charge is 2.45. The lowest BCUT2D eigenvalue weighted by molar-refractivity contribution is -0.384. The number of carbonyl (C=O) groups excluding carboxylic acids is 1. The minimum Gasteiger partial charge on any atom is -0.393 e. The highest BCUT2D eigenvalue weighted by molar-refractivity contribution is 6.08. The van der Waals surface area contributed by atoms with Gasteiger partial charge in [0.25, 0.3) is 5.69 Å². The number of hydrogen-bond acceptors (Lipinski definition) is 6. The number of fused-ring (bicyclic) bond motifs is 1. The average molecular weight is 348 g/mol. The molecule has 2 aliphatic heterocycles. The topological polar surface area (TPSA) is 102 Å². The maximum atomic E-state index is 12.8. The van der Waals surface area contributed by atoms with Crippen LogP contribution in [-0.4, -0.2) is 55.1 Å². The summed E-state index contributed by atoms with van der Waals surface area (Å²) in [7, 11) is 0. The van der Waals surface area contributed by atoms with Gasteiger partial charge in [-0.1, -0.05) is 0 Å². The van der Waals surface area contributed by atoms with Crippen molar-refractivity contribution in [1.29, 1.82) is 0 Å². The summed E-state index contributed by atoms with van der Waals surface area (Å²) in [5.74, 6) is -0.0376. The number of nitrogens with two attached hydrogens (primary N) is 1. The summed E-state index contributed by atoms with van der Waals surface area (Å²) in [5, 5.41) is 11.2. The molecule has 0 aromatic heterocycles. The van der Waals surface area contributed by atoms with Crippen molar-refractivity contribution in [1.82, 2.24) is 4.90 Å². The van der Waals surface area contributed by atoms with Gasteiger partial charge in [-0.25, -0.2) is 0 Å². The number of amides is 1. The van der Waals surface area contributed by atoms with Crippen LogP contribution in [0.5, 0.6) is 0 Å². The molecule has 1 aromatic carbocycles. The molecule has 1 aromatic rings. The van der Waals surface area contributed by atoms with Crippen molar-refractivity contribution < 1.29 is 14.5 Å². The molecule has 2 heterocycles. The van der Waals surface area contributed by atoms with E-state index in [1.54, 1.807) is 24.8 Å². The Balaban J connectivity index is 1.78. The molecule has 0 aliphatic carbocycles.